The summed E-state index contributed by atoms with van der Waals surface area (Å²) in [4.78, 5) is 11.3. The average molecular weight is 345 g/mol. The SMILES string of the molecule is O=C(O)C(CC#Cc1ccc(Cl)cc1)SCCc1ccccc1. The van der Waals surface area contributed by atoms with Crippen LogP contribution >= 0.6 is 23.4 Å². The van der Waals surface area contributed by atoms with Gasteiger partial charge in [-0.15, -0.1) is 11.8 Å². The fourth-order valence-electron chi connectivity index (χ4n) is 1.96. The van der Waals surface area contributed by atoms with Crippen LogP contribution in [0.15, 0.2) is 54.6 Å². The summed E-state index contributed by atoms with van der Waals surface area (Å²) in [6.07, 6.45) is 1.19. The maximum absolute atomic E-state index is 11.3. The van der Waals surface area contributed by atoms with E-state index in [1.165, 1.54) is 17.3 Å². The molecule has 0 aliphatic carbocycles. The van der Waals surface area contributed by atoms with Gasteiger partial charge in [-0.05, 0) is 42.0 Å². The van der Waals surface area contributed by atoms with Crippen LogP contribution < -0.4 is 0 Å². The van der Waals surface area contributed by atoms with Crippen LogP contribution in [0.2, 0.25) is 5.02 Å². The van der Waals surface area contributed by atoms with Crippen LogP contribution in [0.1, 0.15) is 17.5 Å². The Kier molecular flexibility index (Phi) is 7.06. The molecular formula is C19H17ClO2S. The zero-order valence-corrected chi connectivity index (χ0v) is 14.1. The minimum atomic E-state index is -0.812. The molecule has 2 nitrogen and oxygen atoms in total. The maximum Gasteiger partial charge on any atom is 0.317 e. The summed E-state index contributed by atoms with van der Waals surface area (Å²) in [6, 6.07) is 17.3. The molecule has 2 aromatic rings. The van der Waals surface area contributed by atoms with Crippen molar-refractivity contribution >= 4 is 29.3 Å². The van der Waals surface area contributed by atoms with Crippen LogP contribution in [-0.4, -0.2) is 22.1 Å². The van der Waals surface area contributed by atoms with Crippen molar-refractivity contribution in [3.63, 3.8) is 0 Å². The summed E-state index contributed by atoms with van der Waals surface area (Å²) in [5.41, 5.74) is 2.06. The number of aryl methyl sites for hydroxylation is 1. The highest BCUT2D eigenvalue weighted by molar-refractivity contribution is 8.00. The number of benzene rings is 2. The molecule has 0 saturated carbocycles. The van der Waals surface area contributed by atoms with E-state index in [1.807, 2.05) is 30.3 Å². The first kappa shape index (κ1) is 17.5. The van der Waals surface area contributed by atoms with E-state index in [9.17, 15) is 9.90 Å². The lowest BCUT2D eigenvalue weighted by Crippen LogP contribution is -2.16. The molecule has 0 spiro atoms. The number of aliphatic carboxylic acids is 1. The van der Waals surface area contributed by atoms with Crippen molar-refractivity contribution in [2.24, 2.45) is 0 Å². The third kappa shape index (κ3) is 6.40. The molecule has 0 aliphatic heterocycles. The summed E-state index contributed by atoms with van der Waals surface area (Å²) >= 11 is 7.26. The molecule has 2 rings (SSSR count). The van der Waals surface area contributed by atoms with Gasteiger partial charge < -0.3 is 5.11 Å². The second kappa shape index (κ2) is 9.29. The van der Waals surface area contributed by atoms with Crippen molar-refractivity contribution in [2.75, 3.05) is 5.75 Å². The topological polar surface area (TPSA) is 37.3 Å². The van der Waals surface area contributed by atoms with Gasteiger partial charge in [0.25, 0.3) is 0 Å². The third-order valence-electron chi connectivity index (χ3n) is 3.19. The molecule has 0 radical (unpaired) electrons. The molecular weight excluding hydrogens is 328 g/mol. The van der Waals surface area contributed by atoms with Crippen LogP contribution in [0.4, 0.5) is 0 Å². The monoisotopic (exact) mass is 344 g/mol. The molecule has 0 aliphatic rings. The largest absolute Gasteiger partial charge is 0.480 e. The zero-order chi connectivity index (χ0) is 16.5. The number of thioether (sulfide) groups is 1. The number of halogens is 1. The third-order valence-corrected chi connectivity index (χ3v) is 4.65. The second-order valence-electron chi connectivity index (χ2n) is 4.95. The lowest BCUT2D eigenvalue weighted by Gasteiger charge is -2.08. The second-order valence-corrected chi connectivity index (χ2v) is 6.69. The van der Waals surface area contributed by atoms with Crippen molar-refractivity contribution in [3.05, 3.63) is 70.7 Å². The number of carboxylic acids is 1. The maximum atomic E-state index is 11.3. The number of carbonyl (C=O) groups is 1. The van der Waals surface area contributed by atoms with Gasteiger partial charge in [0, 0.05) is 17.0 Å². The number of carboxylic acid groups (broad SMARTS) is 1. The fourth-order valence-corrected chi connectivity index (χ4v) is 3.07. The number of hydrogen-bond acceptors (Lipinski definition) is 2. The number of hydrogen-bond donors (Lipinski definition) is 1. The molecule has 0 saturated heterocycles. The standard InChI is InChI=1S/C19H17ClO2S/c20-17-11-9-16(10-12-17)7-4-8-18(19(21)22)23-14-13-15-5-2-1-3-6-15/h1-3,5-6,9-12,18H,8,13-14H2,(H,21,22). The van der Waals surface area contributed by atoms with E-state index in [0.29, 0.717) is 11.4 Å². The van der Waals surface area contributed by atoms with E-state index in [2.05, 4.69) is 24.0 Å². The Morgan fingerprint density at radius 1 is 1.13 bits per heavy atom. The Hall–Kier alpha value is -1.89. The molecule has 0 heterocycles. The van der Waals surface area contributed by atoms with Gasteiger partial charge in [0.2, 0.25) is 0 Å². The molecule has 118 valence electrons. The van der Waals surface area contributed by atoms with Gasteiger partial charge in [-0.25, -0.2) is 0 Å². The Morgan fingerprint density at radius 3 is 2.48 bits per heavy atom. The molecule has 0 aromatic heterocycles. The lowest BCUT2D eigenvalue weighted by atomic mass is 10.2. The van der Waals surface area contributed by atoms with Crippen LogP contribution in [-0.2, 0) is 11.2 Å². The summed E-state index contributed by atoms with van der Waals surface area (Å²) in [6.45, 7) is 0. The number of rotatable bonds is 6. The molecule has 2 aromatic carbocycles. The Labute approximate surface area is 145 Å². The first-order valence-corrected chi connectivity index (χ1v) is 8.70. The molecule has 23 heavy (non-hydrogen) atoms. The van der Waals surface area contributed by atoms with E-state index in [1.54, 1.807) is 12.1 Å². The van der Waals surface area contributed by atoms with Gasteiger partial charge >= 0.3 is 5.97 Å². The van der Waals surface area contributed by atoms with Crippen LogP contribution in [0, 0.1) is 11.8 Å². The minimum Gasteiger partial charge on any atom is -0.480 e. The Bertz CT molecular complexity index is 687. The first-order valence-electron chi connectivity index (χ1n) is 7.28. The quantitative estimate of drug-likeness (QED) is 0.783. The molecule has 1 N–H and O–H groups in total. The van der Waals surface area contributed by atoms with Gasteiger partial charge in [-0.1, -0.05) is 53.8 Å². The lowest BCUT2D eigenvalue weighted by molar-refractivity contribution is -0.136. The first-order chi connectivity index (χ1) is 11.1. The van der Waals surface area contributed by atoms with Gasteiger partial charge in [0.1, 0.15) is 5.25 Å². The zero-order valence-electron chi connectivity index (χ0n) is 12.5. The summed E-state index contributed by atoms with van der Waals surface area (Å²) in [5, 5.41) is 9.46. The van der Waals surface area contributed by atoms with Crippen LogP contribution in [0.3, 0.4) is 0 Å². The summed E-state index contributed by atoms with van der Waals surface area (Å²) in [7, 11) is 0. The van der Waals surface area contributed by atoms with E-state index in [-0.39, 0.29) is 0 Å². The average Bonchev–Trinajstić information content (AvgIpc) is 2.56. The molecule has 0 amide bonds. The van der Waals surface area contributed by atoms with E-state index in [4.69, 9.17) is 11.6 Å². The van der Waals surface area contributed by atoms with Gasteiger partial charge in [0.15, 0.2) is 0 Å². The molecule has 1 atom stereocenters. The van der Waals surface area contributed by atoms with Crippen molar-refractivity contribution < 1.29 is 9.90 Å². The molecule has 1 unspecified atom stereocenters. The van der Waals surface area contributed by atoms with E-state index >= 15 is 0 Å². The van der Waals surface area contributed by atoms with Crippen molar-refractivity contribution in [3.8, 4) is 11.8 Å². The van der Waals surface area contributed by atoms with Gasteiger partial charge in [-0.3, -0.25) is 4.79 Å². The summed E-state index contributed by atoms with van der Waals surface area (Å²) in [5.74, 6) is 5.89. The van der Waals surface area contributed by atoms with Crippen LogP contribution in [0.25, 0.3) is 0 Å². The molecule has 4 heteroatoms. The Balaban J connectivity index is 1.84. The molecule has 0 fully saturated rings. The van der Waals surface area contributed by atoms with Crippen molar-refractivity contribution in [1.29, 1.82) is 0 Å². The molecule has 0 bridgehead atoms. The summed E-state index contributed by atoms with van der Waals surface area (Å²) < 4.78 is 0. The van der Waals surface area contributed by atoms with Crippen molar-refractivity contribution in [1.82, 2.24) is 0 Å². The fraction of sp³-hybridized carbons (Fsp3) is 0.211. The predicted octanol–water partition coefficient (Wildman–Crippen LogP) is 4.51. The highest BCUT2D eigenvalue weighted by atomic mass is 35.5. The van der Waals surface area contributed by atoms with Crippen molar-refractivity contribution in [2.45, 2.75) is 18.1 Å². The Morgan fingerprint density at radius 2 is 1.83 bits per heavy atom. The predicted molar refractivity (Wildman–Crippen MR) is 97.0 cm³/mol. The normalized spacial score (nSPS) is 11.3. The minimum absolute atomic E-state index is 0.331. The van der Waals surface area contributed by atoms with Gasteiger partial charge in [-0.2, -0.15) is 0 Å². The van der Waals surface area contributed by atoms with Gasteiger partial charge in [0.05, 0.1) is 0 Å². The van der Waals surface area contributed by atoms with Crippen LogP contribution in [0.5, 0.6) is 0 Å². The smallest absolute Gasteiger partial charge is 0.317 e. The van der Waals surface area contributed by atoms with E-state index < -0.39 is 11.2 Å². The van der Waals surface area contributed by atoms with E-state index in [0.717, 1.165) is 17.7 Å². The highest BCUT2D eigenvalue weighted by Crippen LogP contribution is 2.17. The highest BCUT2D eigenvalue weighted by Gasteiger charge is 2.16.